The van der Waals surface area contributed by atoms with E-state index in [9.17, 15) is 5.11 Å². The van der Waals surface area contributed by atoms with Crippen molar-refractivity contribution in [1.29, 1.82) is 0 Å². The molecule has 13 heavy (non-hydrogen) atoms. The average molecular weight is 194 g/mol. The number of aliphatic hydroxyl groups excluding tert-OH is 1. The Labute approximate surface area is 83.2 Å². The van der Waals surface area contributed by atoms with Crippen molar-refractivity contribution >= 4 is 11.8 Å². The summed E-state index contributed by atoms with van der Waals surface area (Å²) in [5.74, 6) is 3.27. The Morgan fingerprint density at radius 3 is 2.31 bits per heavy atom. The van der Waals surface area contributed by atoms with Gasteiger partial charge in [0.2, 0.25) is 0 Å². The van der Waals surface area contributed by atoms with Crippen molar-refractivity contribution in [2.24, 2.45) is 0 Å². The molecule has 2 rings (SSSR count). The number of aliphatic hydroxyl groups is 1. The number of hydrogen-bond donors (Lipinski definition) is 1. The van der Waals surface area contributed by atoms with Gasteiger partial charge < -0.3 is 5.11 Å². The fourth-order valence-corrected chi connectivity index (χ4v) is 2.33. The van der Waals surface area contributed by atoms with E-state index in [1.54, 1.807) is 6.92 Å². The van der Waals surface area contributed by atoms with Crippen LogP contribution in [0.25, 0.3) is 0 Å². The molecule has 0 spiro atoms. The van der Waals surface area contributed by atoms with Crippen LogP contribution in [0.1, 0.15) is 30.1 Å². The molecule has 1 fully saturated rings. The van der Waals surface area contributed by atoms with E-state index in [4.69, 9.17) is 0 Å². The maximum atomic E-state index is 9.32. The summed E-state index contributed by atoms with van der Waals surface area (Å²) in [6, 6.07) is 8.35. The fraction of sp³-hybridized carbons (Fsp3) is 0.455. The molecule has 1 nitrogen and oxygen atoms in total. The third kappa shape index (κ3) is 1.89. The number of benzene rings is 1. The molecule has 1 atom stereocenters. The zero-order valence-electron chi connectivity index (χ0n) is 7.73. The van der Waals surface area contributed by atoms with E-state index in [0.29, 0.717) is 0 Å². The summed E-state index contributed by atoms with van der Waals surface area (Å²) in [5.41, 5.74) is 2.43. The highest BCUT2D eigenvalue weighted by Gasteiger charge is 2.19. The van der Waals surface area contributed by atoms with Crippen molar-refractivity contribution in [2.75, 3.05) is 11.5 Å². The van der Waals surface area contributed by atoms with Gasteiger partial charge in [-0.15, -0.1) is 0 Å². The van der Waals surface area contributed by atoms with E-state index in [2.05, 4.69) is 12.1 Å². The van der Waals surface area contributed by atoms with Crippen LogP contribution in [0.3, 0.4) is 0 Å². The fourth-order valence-electron chi connectivity index (χ4n) is 1.47. The minimum absolute atomic E-state index is 0.343. The lowest BCUT2D eigenvalue weighted by molar-refractivity contribution is 0.199. The van der Waals surface area contributed by atoms with Crippen LogP contribution in [0.5, 0.6) is 0 Å². The molecule has 1 aromatic carbocycles. The summed E-state index contributed by atoms with van der Waals surface area (Å²) in [7, 11) is 0. The normalized spacial score (nSPS) is 19.5. The molecule has 1 aliphatic rings. The van der Waals surface area contributed by atoms with Crippen molar-refractivity contribution in [3.8, 4) is 0 Å². The van der Waals surface area contributed by atoms with Crippen LogP contribution in [0.4, 0.5) is 0 Å². The summed E-state index contributed by atoms with van der Waals surface area (Å²) in [5, 5.41) is 9.32. The predicted octanol–water partition coefficient (Wildman–Crippen LogP) is 2.57. The Morgan fingerprint density at radius 1 is 1.31 bits per heavy atom. The monoisotopic (exact) mass is 194 g/mol. The Balaban J connectivity index is 2.13. The molecule has 0 amide bonds. The molecule has 1 aromatic rings. The van der Waals surface area contributed by atoms with Gasteiger partial charge in [0.15, 0.2) is 0 Å². The molecule has 1 aliphatic heterocycles. The zero-order chi connectivity index (χ0) is 9.26. The summed E-state index contributed by atoms with van der Waals surface area (Å²) >= 11 is 2.00. The van der Waals surface area contributed by atoms with Crippen LogP contribution in [0, 0.1) is 0 Å². The van der Waals surface area contributed by atoms with E-state index in [0.717, 1.165) is 11.5 Å². The van der Waals surface area contributed by atoms with E-state index in [1.165, 1.54) is 17.1 Å². The van der Waals surface area contributed by atoms with Gasteiger partial charge in [0, 0.05) is 17.4 Å². The second kappa shape index (κ2) is 3.72. The van der Waals surface area contributed by atoms with Gasteiger partial charge >= 0.3 is 0 Å². The Morgan fingerprint density at radius 2 is 1.92 bits per heavy atom. The lowest BCUT2D eigenvalue weighted by Gasteiger charge is -2.25. The van der Waals surface area contributed by atoms with Crippen molar-refractivity contribution in [2.45, 2.75) is 18.9 Å². The number of hydrogen-bond acceptors (Lipinski definition) is 2. The zero-order valence-corrected chi connectivity index (χ0v) is 8.55. The van der Waals surface area contributed by atoms with Gasteiger partial charge in [-0.3, -0.25) is 0 Å². The highest BCUT2D eigenvalue weighted by molar-refractivity contribution is 8.00. The van der Waals surface area contributed by atoms with Crippen molar-refractivity contribution in [3.63, 3.8) is 0 Å². The minimum Gasteiger partial charge on any atom is -0.389 e. The molecular formula is C11H14OS. The molecule has 2 heteroatoms. The molecule has 1 heterocycles. The molecule has 1 saturated heterocycles. The van der Waals surface area contributed by atoms with Crippen LogP contribution < -0.4 is 0 Å². The maximum absolute atomic E-state index is 9.32. The van der Waals surface area contributed by atoms with Crippen molar-refractivity contribution < 1.29 is 5.11 Å². The van der Waals surface area contributed by atoms with Crippen LogP contribution in [-0.4, -0.2) is 16.6 Å². The van der Waals surface area contributed by atoms with Gasteiger partial charge in [0.05, 0.1) is 6.10 Å². The molecule has 0 saturated carbocycles. The molecular weight excluding hydrogens is 180 g/mol. The maximum Gasteiger partial charge on any atom is 0.0761 e. The van der Waals surface area contributed by atoms with Gasteiger partial charge in [-0.25, -0.2) is 0 Å². The average Bonchev–Trinajstić information content (AvgIpc) is 2.02. The number of thioether (sulfide) groups is 1. The van der Waals surface area contributed by atoms with Gasteiger partial charge in [-0.2, -0.15) is 11.8 Å². The highest BCUT2D eigenvalue weighted by Crippen LogP contribution is 2.34. The SMILES string of the molecule is CC(O)c1ccc(C2CSC2)cc1. The predicted molar refractivity (Wildman–Crippen MR) is 57.1 cm³/mol. The van der Waals surface area contributed by atoms with Gasteiger partial charge in [-0.05, 0) is 18.1 Å². The standard InChI is InChI=1S/C11H14OS/c1-8(12)9-2-4-10(5-3-9)11-6-13-7-11/h2-5,8,11-12H,6-7H2,1H3. The minimum atomic E-state index is -0.343. The topological polar surface area (TPSA) is 20.2 Å². The summed E-state index contributed by atoms with van der Waals surface area (Å²) in [4.78, 5) is 0. The lowest BCUT2D eigenvalue weighted by Crippen LogP contribution is -2.15. The first kappa shape index (κ1) is 9.10. The second-order valence-electron chi connectivity index (χ2n) is 3.58. The summed E-state index contributed by atoms with van der Waals surface area (Å²) in [6.45, 7) is 1.80. The molecule has 0 aromatic heterocycles. The highest BCUT2D eigenvalue weighted by atomic mass is 32.2. The van der Waals surface area contributed by atoms with Crippen LogP contribution >= 0.6 is 11.8 Å². The van der Waals surface area contributed by atoms with E-state index in [1.807, 2.05) is 23.9 Å². The van der Waals surface area contributed by atoms with Gasteiger partial charge in [0.25, 0.3) is 0 Å². The smallest absolute Gasteiger partial charge is 0.0761 e. The molecule has 0 radical (unpaired) electrons. The Hall–Kier alpha value is -0.470. The van der Waals surface area contributed by atoms with Gasteiger partial charge in [-0.1, -0.05) is 24.3 Å². The molecule has 1 unspecified atom stereocenters. The summed E-state index contributed by atoms with van der Waals surface area (Å²) < 4.78 is 0. The molecule has 0 aliphatic carbocycles. The third-order valence-electron chi connectivity index (χ3n) is 2.53. The van der Waals surface area contributed by atoms with E-state index in [-0.39, 0.29) is 6.10 Å². The van der Waals surface area contributed by atoms with Gasteiger partial charge in [0.1, 0.15) is 0 Å². The lowest BCUT2D eigenvalue weighted by atomic mass is 9.99. The molecule has 70 valence electrons. The first-order chi connectivity index (χ1) is 6.27. The quantitative estimate of drug-likeness (QED) is 0.781. The number of rotatable bonds is 2. The third-order valence-corrected chi connectivity index (χ3v) is 3.80. The van der Waals surface area contributed by atoms with Crippen molar-refractivity contribution in [3.05, 3.63) is 35.4 Å². The largest absolute Gasteiger partial charge is 0.389 e. The van der Waals surface area contributed by atoms with Crippen LogP contribution in [-0.2, 0) is 0 Å². The van der Waals surface area contributed by atoms with Crippen molar-refractivity contribution in [1.82, 2.24) is 0 Å². The first-order valence-corrected chi connectivity index (χ1v) is 5.78. The Bertz CT molecular complexity index is 275. The van der Waals surface area contributed by atoms with E-state index >= 15 is 0 Å². The molecule has 0 bridgehead atoms. The first-order valence-electron chi connectivity index (χ1n) is 4.63. The summed E-state index contributed by atoms with van der Waals surface area (Å²) in [6.07, 6.45) is -0.343. The van der Waals surface area contributed by atoms with E-state index < -0.39 is 0 Å². The second-order valence-corrected chi connectivity index (χ2v) is 4.65. The molecule has 1 N–H and O–H groups in total. The Kier molecular flexibility index (Phi) is 2.61. The van der Waals surface area contributed by atoms with Crippen LogP contribution in [0.2, 0.25) is 0 Å². The van der Waals surface area contributed by atoms with Crippen LogP contribution in [0.15, 0.2) is 24.3 Å².